The molecule has 1 fully saturated rings. The molecule has 35 heavy (non-hydrogen) atoms. The molecule has 2 aliphatic heterocycles. The number of carbonyl (C=O) groups excluding carboxylic acids is 1. The van der Waals surface area contributed by atoms with E-state index < -0.39 is 28.7 Å². The molecule has 0 spiro atoms. The van der Waals surface area contributed by atoms with Crippen LogP contribution in [0.15, 0.2) is 30.5 Å². The van der Waals surface area contributed by atoms with Gasteiger partial charge in [-0.25, -0.2) is 9.97 Å². The van der Waals surface area contributed by atoms with Crippen molar-refractivity contribution < 1.29 is 18.0 Å². The van der Waals surface area contributed by atoms with Gasteiger partial charge in [-0.05, 0) is 49.8 Å². The Kier molecular flexibility index (Phi) is 5.66. The normalized spacial score (nSPS) is 23.8. The largest absolute Gasteiger partial charge is 0.417 e. The molecule has 0 radical (unpaired) electrons. The molecule has 4 atom stereocenters. The van der Waals surface area contributed by atoms with Gasteiger partial charge in [-0.1, -0.05) is 31.5 Å². The third-order valence-electron chi connectivity index (χ3n) is 7.27. The fourth-order valence-corrected chi connectivity index (χ4v) is 6.06. The standard InChI is InChI=1S/C25H25ClF3N5O/c1-12-10-13(2)23-22-16(21(31-14(3)32-22)18-8-9-30-33(18)4)11-19(12)34(23)24(35)15-6-5-7-17(20(15)26)25(27,28)29/h5-9,12-13,19,23H,10-11H2,1-4H3/t12-,13+,19+,23+/m0/s1. The number of piperidine rings is 1. The van der Waals surface area contributed by atoms with E-state index in [0.717, 1.165) is 35.1 Å². The monoisotopic (exact) mass is 503 g/mol. The van der Waals surface area contributed by atoms with Crippen LogP contribution in [0.1, 0.15) is 59.3 Å². The van der Waals surface area contributed by atoms with E-state index in [1.54, 1.807) is 22.7 Å². The predicted molar refractivity (Wildman–Crippen MR) is 125 cm³/mol. The first-order chi connectivity index (χ1) is 16.5. The molecule has 6 nitrogen and oxygen atoms in total. The second-order valence-corrected chi connectivity index (χ2v) is 9.99. The quantitative estimate of drug-likeness (QED) is 0.454. The van der Waals surface area contributed by atoms with Gasteiger partial charge in [-0.2, -0.15) is 18.3 Å². The minimum atomic E-state index is -4.65. The van der Waals surface area contributed by atoms with Crippen LogP contribution in [0.5, 0.6) is 0 Å². The van der Waals surface area contributed by atoms with Gasteiger partial charge in [0.2, 0.25) is 0 Å². The second kappa shape index (κ2) is 8.33. The summed E-state index contributed by atoms with van der Waals surface area (Å²) in [5.74, 6) is 0.235. The number of aryl methyl sites for hydroxylation is 2. The van der Waals surface area contributed by atoms with E-state index in [2.05, 4.69) is 18.9 Å². The summed E-state index contributed by atoms with van der Waals surface area (Å²) >= 11 is 6.17. The number of nitrogens with zero attached hydrogens (tertiary/aromatic N) is 5. The van der Waals surface area contributed by atoms with Crippen molar-refractivity contribution in [1.29, 1.82) is 0 Å². The van der Waals surface area contributed by atoms with Gasteiger partial charge in [0.05, 0.1) is 39.3 Å². The minimum absolute atomic E-state index is 0.0440. The van der Waals surface area contributed by atoms with Gasteiger partial charge in [0.1, 0.15) is 5.82 Å². The average molecular weight is 504 g/mol. The summed E-state index contributed by atoms with van der Waals surface area (Å²) in [6, 6.07) is 4.77. The van der Waals surface area contributed by atoms with Crippen molar-refractivity contribution in [3.8, 4) is 11.4 Å². The molecule has 3 aromatic rings. The molecule has 5 rings (SSSR count). The van der Waals surface area contributed by atoms with Crippen LogP contribution in [0.25, 0.3) is 11.4 Å². The zero-order valence-corrected chi connectivity index (χ0v) is 20.5. The van der Waals surface area contributed by atoms with Crippen LogP contribution in [0.2, 0.25) is 5.02 Å². The molecule has 1 aromatic carbocycles. The lowest BCUT2D eigenvalue weighted by atomic mass is 9.71. The first-order valence-corrected chi connectivity index (χ1v) is 11.9. The summed E-state index contributed by atoms with van der Waals surface area (Å²) in [5.41, 5.74) is 2.20. The van der Waals surface area contributed by atoms with E-state index in [1.165, 1.54) is 12.1 Å². The van der Waals surface area contributed by atoms with Crippen LogP contribution in [0, 0.1) is 18.8 Å². The van der Waals surface area contributed by atoms with Gasteiger partial charge in [-0.3, -0.25) is 9.48 Å². The second-order valence-electron chi connectivity index (χ2n) is 9.61. The number of hydrogen-bond acceptors (Lipinski definition) is 4. The molecule has 10 heteroatoms. The highest BCUT2D eigenvalue weighted by molar-refractivity contribution is 6.34. The Hall–Kier alpha value is -2.94. The number of hydrogen-bond donors (Lipinski definition) is 0. The van der Waals surface area contributed by atoms with E-state index in [9.17, 15) is 18.0 Å². The SMILES string of the molecule is Cc1nc(-c2ccnn2C)c2c(n1)[C@H]1[C@H](C)C[C@H](C)[C@@H](C2)N1C(=O)c1cccc(C(F)(F)F)c1Cl. The number of aromatic nitrogens is 4. The molecule has 4 heterocycles. The summed E-state index contributed by atoms with van der Waals surface area (Å²) in [6.45, 7) is 5.94. The van der Waals surface area contributed by atoms with Crippen LogP contribution in [-0.4, -0.2) is 36.6 Å². The lowest BCUT2D eigenvalue weighted by molar-refractivity contribution is -0.137. The van der Waals surface area contributed by atoms with E-state index >= 15 is 0 Å². The van der Waals surface area contributed by atoms with Crippen molar-refractivity contribution >= 4 is 17.5 Å². The van der Waals surface area contributed by atoms with Crippen LogP contribution in [-0.2, 0) is 19.6 Å². The number of rotatable bonds is 2. The van der Waals surface area contributed by atoms with Gasteiger partial charge < -0.3 is 4.90 Å². The Morgan fingerprint density at radius 1 is 1.14 bits per heavy atom. The van der Waals surface area contributed by atoms with Crippen LogP contribution < -0.4 is 0 Å². The Morgan fingerprint density at radius 2 is 1.89 bits per heavy atom. The smallest absolute Gasteiger partial charge is 0.326 e. The van der Waals surface area contributed by atoms with E-state index in [-0.39, 0.29) is 23.4 Å². The maximum absolute atomic E-state index is 13.9. The number of alkyl halides is 3. The van der Waals surface area contributed by atoms with Crippen molar-refractivity contribution in [3.05, 3.63) is 63.7 Å². The lowest BCUT2D eigenvalue weighted by Crippen LogP contribution is -2.56. The highest BCUT2D eigenvalue weighted by Gasteiger charge is 2.49. The average Bonchev–Trinajstić information content (AvgIpc) is 3.21. The maximum Gasteiger partial charge on any atom is 0.417 e. The van der Waals surface area contributed by atoms with Crippen molar-refractivity contribution in [2.75, 3.05) is 0 Å². The minimum Gasteiger partial charge on any atom is -0.326 e. The topological polar surface area (TPSA) is 63.9 Å². The zero-order chi connectivity index (χ0) is 25.2. The lowest BCUT2D eigenvalue weighted by Gasteiger charge is -2.52. The third kappa shape index (κ3) is 3.80. The van der Waals surface area contributed by atoms with Gasteiger partial charge in [0, 0.05) is 24.8 Å². The summed E-state index contributed by atoms with van der Waals surface area (Å²) < 4.78 is 42.3. The fraction of sp³-hybridized carbons (Fsp3) is 0.440. The summed E-state index contributed by atoms with van der Waals surface area (Å²) in [7, 11) is 1.85. The first-order valence-electron chi connectivity index (χ1n) is 11.5. The highest BCUT2D eigenvalue weighted by Crippen LogP contribution is 2.49. The van der Waals surface area contributed by atoms with Gasteiger partial charge in [-0.15, -0.1) is 0 Å². The Labute approximate surface area is 206 Å². The Morgan fingerprint density at radius 3 is 2.54 bits per heavy atom. The molecule has 1 amide bonds. The predicted octanol–water partition coefficient (Wildman–Crippen LogP) is 5.64. The van der Waals surface area contributed by atoms with E-state index in [1.807, 2.05) is 13.1 Å². The molecule has 0 aliphatic carbocycles. The van der Waals surface area contributed by atoms with Crippen LogP contribution in [0.4, 0.5) is 13.2 Å². The van der Waals surface area contributed by atoms with Crippen LogP contribution in [0.3, 0.4) is 0 Å². The van der Waals surface area contributed by atoms with Gasteiger partial charge in [0.15, 0.2) is 0 Å². The van der Waals surface area contributed by atoms with Crippen LogP contribution >= 0.6 is 11.6 Å². The summed E-state index contributed by atoms with van der Waals surface area (Å²) in [6.07, 6.45) is -1.57. The number of fused-ring (bicyclic) bond motifs is 4. The molecule has 1 saturated heterocycles. The Balaban J connectivity index is 1.67. The molecule has 184 valence electrons. The summed E-state index contributed by atoms with van der Waals surface area (Å²) in [5, 5.41) is 3.71. The van der Waals surface area contributed by atoms with Crippen molar-refractivity contribution in [1.82, 2.24) is 24.6 Å². The number of halogens is 4. The van der Waals surface area contributed by atoms with Crippen molar-refractivity contribution in [2.45, 2.75) is 51.9 Å². The van der Waals surface area contributed by atoms with E-state index in [4.69, 9.17) is 21.6 Å². The molecule has 0 N–H and O–H groups in total. The molecule has 2 aromatic heterocycles. The summed E-state index contributed by atoms with van der Waals surface area (Å²) in [4.78, 5) is 25.1. The van der Waals surface area contributed by atoms with Crippen molar-refractivity contribution in [3.63, 3.8) is 0 Å². The zero-order valence-electron chi connectivity index (χ0n) is 19.8. The molecule has 2 bridgehead atoms. The molecule has 0 unspecified atom stereocenters. The molecular weight excluding hydrogens is 479 g/mol. The van der Waals surface area contributed by atoms with Gasteiger partial charge >= 0.3 is 6.18 Å². The fourth-order valence-electron chi connectivity index (χ4n) is 5.75. The maximum atomic E-state index is 13.9. The molecule has 0 saturated carbocycles. The number of amides is 1. The highest BCUT2D eigenvalue weighted by atomic mass is 35.5. The number of carbonyl (C=O) groups is 1. The Bertz CT molecular complexity index is 1320. The van der Waals surface area contributed by atoms with Gasteiger partial charge in [0.25, 0.3) is 5.91 Å². The molecular formula is C25H25ClF3N5O. The first kappa shape index (κ1) is 23.8. The van der Waals surface area contributed by atoms with Crippen molar-refractivity contribution in [2.24, 2.45) is 18.9 Å². The third-order valence-corrected chi connectivity index (χ3v) is 7.68. The molecule has 2 aliphatic rings. The number of benzene rings is 1. The van der Waals surface area contributed by atoms with E-state index in [0.29, 0.717) is 12.2 Å².